The summed E-state index contributed by atoms with van der Waals surface area (Å²) in [6.07, 6.45) is 3.27. The van der Waals surface area contributed by atoms with Gasteiger partial charge in [0.1, 0.15) is 22.4 Å². The molecule has 0 saturated carbocycles. The first-order valence-electron chi connectivity index (χ1n) is 6.76. The summed E-state index contributed by atoms with van der Waals surface area (Å²) >= 11 is 5.21. The molecule has 6 heteroatoms. The maximum atomic E-state index is 5.63. The van der Waals surface area contributed by atoms with Gasteiger partial charge in [-0.3, -0.25) is 0 Å². The van der Waals surface area contributed by atoms with Gasteiger partial charge < -0.3 is 19.9 Å². The van der Waals surface area contributed by atoms with Crippen LogP contribution in [0.5, 0.6) is 0 Å². The lowest BCUT2D eigenvalue weighted by Gasteiger charge is -2.13. The van der Waals surface area contributed by atoms with Gasteiger partial charge in [0, 0.05) is 19.2 Å². The predicted molar refractivity (Wildman–Crippen MR) is 79.0 cm³/mol. The molecule has 0 bridgehead atoms. The lowest BCUT2D eigenvalue weighted by molar-refractivity contribution is 0.105. The summed E-state index contributed by atoms with van der Waals surface area (Å²) in [4.78, 5) is 9.82. The van der Waals surface area contributed by atoms with Gasteiger partial charge in [-0.05, 0) is 39.9 Å². The Balaban J connectivity index is 1.94. The number of anilines is 1. The molecule has 1 unspecified atom stereocenters. The minimum atomic E-state index is 0.0743. The summed E-state index contributed by atoms with van der Waals surface area (Å²) in [5, 5.41) is 3.36. The van der Waals surface area contributed by atoms with Crippen molar-refractivity contribution in [3.8, 4) is 0 Å². The number of ether oxygens (including phenoxy) is 1. The van der Waals surface area contributed by atoms with Crippen LogP contribution in [-0.4, -0.2) is 48.7 Å². The van der Waals surface area contributed by atoms with Crippen LogP contribution in [0.3, 0.4) is 0 Å². The van der Waals surface area contributed by atoms with Crippen molar-refractivity contribution in [3.63, 3.8) is 0 Å². The second-order valence-electron chi connectivity index (χ2n) is 5.10. The highest BCUT2D eigenvalue weighted by atomic mass is 32.1. The molecule has 0 radical (unpaired) electrons. The van der Waals surface area contributed by atoms with E-state index < -0.39 is 0 Å². The molecule has 1 aromatic rings. The molecular weight excluding hydrogens is 260 g/mol. The SMILES string of the molecule is CN(C)CCCNc1cc(=S)nc(C2CCCO2)[nH]1. The summed E-state index contributed by atoms with van der Waals surface area (Å²) in [7, 11) is 4.16. The van der Waals surface area contributed by atoms with E-state index in [-0.39, 0.29) is 6.10 Å². The fourth-order valence-electron chi connectivity index (χ4n) is 2.14. The van der Waals surface area contributed by atoms with Crippen molar-refractivity contribution >= 4 is 18.0 Å². The molecule has 0 aromatic carbocycles. The highest BCUT2D eigenvalue weighted by molar-refractivity contribution is 7.71. The highest BCUT2D eigenvalue weighted by Gasteiger charge is 2.19. The zero-order chi connectivity index (χ0) is 13.7. The van der Waals surface area contributed by atoms with E-state index >= 15 is 0 Å². The zero-order valence-electron chi connectivity index (χ0n) is 11.6. The molecule has 106 valence electrons. The van der Waals surface area contributed by atoms with E-state index in [2.05, 4.69) is 34.3 Å². The summed E-state index contributed by atoms with van der Waals surface area (Å²) in [5.41, 5.74) is 0. The van der Waals surface area contributed by atoms with Crippen LogP contribution in [0.1, 0.15) is 31.2 Å². The van der Waals surface area contributed by atoms with Gasteiger partial charge in [-0.25, -0.2) is 4.98 Å². The third kappa shape index (κ3) is 4.56. The number of H-pyrrole nitrogens is 1. The molecular formula is C13H22N4OS. The summed E-state index contributed by atoms with van der Waals surface area (Å²) in [6.45, 7) is 2.79. The molecule has 1 atom stereocenters. The lowest BCUT2D eigenvalue weighted by atomic mass is 10.2. The lowest BCUT2D eigenvalue weighted by Crippen LogP contribution is -2.17. The Hall–Kier alpha value is -0.980. The normalized spacial score (nSPS) is 19.0. The van der Waals surface area contributed by atoms with Crippen LogP contribution in [0.15, 0.2) is 6.07 Å². The number of nitrogens with one attached hydrogen (secondary N) is 2. The van der Waals surface area contributed by atoms with Crippen molar-refractivity contribution in [3.05, 3.63) is 16.5 Å². The van der Waals surface area contributed by atoms with Crippen LogP contribution in [0.25, 0.3) is 0 Å². The Morgan fingerprint density at radius 1 is 1.58 bits per heavy atom. The van der Waals surface area contributed by atoms with E-state index in [4.69, 9.17) is 17.0 Å². The van der Waals surface area contributed by atoms with Gasteiger partial charge in [0.05, 0.1) is 0 Å². The van der Waals surface area contributed by atoms with Crippen molar-refractivity contribution in [2.75, 3.05) is 39.1 Å². The fraction of sp³-hybridized carbons (Fsp3) is 0.692. The Labute approximate surface area is 119 Å². The van der Waals surface area contributed by atoms with Crippen LogP contribution in [-0.2, 0) is 4.74 Å². The molecule has 19 heavy (non-hydrogen) atoms. The van der Waals surface area contributed by atoms with Gasteiger partial charge in [0.15, 0.2) is 0 Å². The molecule has 2 N–H and O–H groups in total. The van der Waals surface area contributed by atoms with Crippen molar-refractivity contribution in [1.82, 2.24) is 14.9 Å². The first kappa shape index (κ1) is 14.4. The van der Waals surface area contributed by atoms with Gasteiger partial charge in [0.25, 0.3) is 0 Å². The quantitative estimate of drug-likeness (QED) is 0.619. The number of nitrogens with zero attached hydrogens (tertiary/aromatic N) is 2. The van der Waals surface area contributed by atoms with Gasteiger partial charge >= 0.3 is 0 Å². The second kappa shape index (κ2) is 6.98. The minimum Gasteiger partial charge on any atom is -0.371 e. The fourth-order valence-corrected chi connectivity index (χ4v) is 2.35. The molecule has 1 aromatic heterocycles. The molecule has 1 fully saturated rings. The number of aromatic amines is 1. The predicted octanol–water partition coefficient (Wildman–Crippen LogP) is 2.35. The molecule has 0 spiro atoms. The first-order valence-corrected chi connectivity index (χ1v) is 7.17. The summed E-state index contributed by atoms with van der Waals surface area (Å²) in [5.74, 6) is 1.78. The van der Waals surface area contributed by atoms with Crippen LogP contribution >= 0.6 is 12.2 Å². The molecule has 1 aliphatic heterocycles. The molecule has 2 heterocycles. The van der Waals surface area contributed by atoms with Gasteiger partial charge in [-0.1, -0.05) is 12.2 Å². The maximum Gasteiger partial charge on any atom is 0.138 e. The van der Waals surface area contributed by atoms with E-state index in [1.807, 2.05) is 6.07 Å². The van der Waals surface area contributed by atoms with Crippen LogP contribution in [0.4, 0.5) is 5.82 Å². The maximum absolute atomic E-state index is 5.63. The monoisotopic (exact) mass is 282 g/mol. The number of aromatic nitrogens is 2. The highest BCUT2D eigenvalue weighted by Crippen LogP contribution is 2.26. The smallest absolute Gasteiger partial charge is 0.138 e. The summed E-state index contributed by atoms with van der Waals surface area (Å²) < 4.78 is 6.24. The van der Waals surface area contributed by atoms with Gasteiger partial charge in [-0.15, -0.1) is 0 Å². The standard InChI is InChI=1S/C13H22N4OS/c1-17(2)7-4-6-14-11-9-12(19)16-13(15-11)10-5-3-8-18-10/h9-10H,3-8H2,1-2H3,(H2,14,15,16,19). The van der Waals surface area contributed by atoms with Crippen molar-refractivity contribution < 1.29 is 4.74 Å². The molecule has 0 aliphatic carbocycles. The van der Waals surface area contributed by atoms with Crippen molar-refractivity contribution in [2.45, 2.75) is 25.4 Å². The molecule has 0 amide bonds. The molecule has 5 nitrogen and oxygen atoms in total. The third-order valence-corrected chi connectivity index (χ3v) is 3.30. The van der Waals surface area contributed by atoms with Crippen molar-refractivity contribution in [1.29, 1.82) is 0 Å². The van der Waals surface area contributed by atoms with Crippen molar-refractivity contribution in [2.24, 2.45) is 0 Å². The van der Waals surface area contributed by atoms with Crippen LogP contribution in [0, 0.1) is 4.64 Å². The molecule has 1 aliphatic rings. The van der Waals surface area contributed by atoms with E-state index in [1.54, 1.807) is 0 Å². The van der Waals surface area contributed by atoms with E-state index in [0.717, 1.165) is 50.6 Å². The zero-order valence-corrected chi connectivity index (χ0v) is 12.4. The van der Waals surface area contributed by atoms with Gasteiger partial charge in [0.2, 0.25) is 0 Å². The number of hydrogen-bond donors (Lipinski definition) is 2. The number of hydrogen-bond acceptors (Lipinski definition) is 5. The van der Waals surface area contributed by atoms with Gasteiger partial charge in [-0.2, -0.15) is 0 Å². The Kier molecular flexibility index (Phi) is 5.30. The van der Waals surface area contributed by atoms with E-state index in [1.165, 1.54) is 0 Å². The molecule has 1 saturated heterocycles. The summed E-state index contributed by atoms with van der Waals surface area (Å²) in [6, 6.07) is 1.86. The third-order valence-electron chi connectivity index (χ3n) is 3.09. The minimum absolute atomic E-state index is 0.0743. The molecule has 2 rings (SSSR count). The Bertz CT molecular complexity index is 454. The average molecular weight is 282 g/mol. The first-order chi connectivity index (χ1) is 9.15. The van der Waals surface area contributed by atoms with E-state index in [0.29, 0.717) is 4.64 Å². The number of rotatable bonds is 6. The largest absolute Gasteiger partial charge is 0.371 e. The van der Waals surface area contributed by atoms with Crippen LogP contribution < -0.4 is 5.32 Å². The van der Waals surface area contributed by atoms with Crippen LogP contribution in [0.2, 0.25) is 0 Å². The topological polar surface area (TPSA) is 53.2 Å². The Morgan fingerprint density at radius 3 is 3.11 bits per heavy atom. The van der Waals surface area contributed by atoms with E-state index in [9.17, 15) is 0 Å². The average Bonchev–Trinajstić information content (AvgIpc) is 2.87. The second-order valence-corrected chi connectivity index (χ2v) is 5.52. The Morgan fingerprint density at radius 2 is 2.42 bits per heavy atom.